The van der Waals surface area contributed by atoms with Gasteiger partial charge in [0.05, 0.1) is 4.47 Å². The fourth-order valence-corrected chi connectivity index (χ4v) is 0.937. The maximum atomic E-state index is 5.50. The van der Waals surface area contributed by atoms with Gasteiger partial charge in [-0.05, 0) is 29.8 Å². The van der Waals surface area contributed by atoms with Crippen LogP contribution in [0.25, 0.3) is 0 Å². The third-order valence-corrected chi connectivity index (χ3v) is 1.85. The molecule has 0 bridgehead atoms. The minimum atomic E-state index is 0. The van der Waals surface area contributed by atoms with Crippen molar-refractivity contribution in [3.63, 3.8) is 0 Å². The van der Waals surface area contributed by atoms with Gasteiger partial charge in [0.15, 0.2) is 5.82 Å². The van der Waals surface area contributed by atoms with Crippen molar-refractivity contribution in [1.82, 2.24) is 9.78 Å². The summed E-state index contributed by atoms with van der Waals surface area (Å²) in [6, 6.07) is 0.369. The smallest absolute Gasteiger partial charge is 0.159 e. The van der Waals surface area contributed by atoms with Gasteiger partial charge < -0.3 is 5.73 Å². The Morgan fingerprint density at radius 1 is 1.64 bits per heavy atom. The molecule has 0 saturated carbocycles. The SMILES string of the molecule is Br.CC(C)n1cc(Br)c(N)n1. The summed E-state index contributed by atoms with van der Waals surface area (Å²) >= 11 is 3.28. The number of nitrogens with zero attached hydrogens (tertiary/aromatic N) is 2. The van der Waals surface area contributed by atoms with Crippen LogP contribution in [-0.2, 0) is 0 Å². The summed E-state index contributed by atoms with van der Waals surface area (Å²) in [5.41, 5.74) is 5.50. The Labute approximate surface area is 84.9 Å². The highest BCUT2D eigenvalue weighted by Crippen LogP contribution is 2.18. The summed E-state index contributed by atoms with van der Waals surface area (Å²) < 4.78 is 2.68. The molecular weight excluding hydrogens is 274 g/mol. The molecule has 0 radical (unpaired) electrons. The lowest BCUT2D eigenvalue weighted by atomic mass is 10.4. The fourth-order valence-electron chi connectivity index (χ4n) is 0.648. The van der Waals surface area contributed by atoms with Crippen molar-refractivity contribution in [1.29, 1.82) is 0 Å². The fraction of sp³-hybridized carbons (Fsp3) is 0.500. The number of nitrogens with two attached hydrogens (primary N) is 1. The Morgan fingerprint density at radius 2 is 2.18 bits per heavy atom. The second-order valence-corrected chi connectivity index (χ2v) is 3.29. The highest BCUT2D eigenvalue weighted by molar-refractivity contribution is 9.10. The van der Waals surface area contributed by atoms with E-state index in [9.17, 15) is 0 Å². The van der Waals surface area contributed by atoms with Gasteiger partial charge >= 0.3 is 0 Å². The van der Waals surface area contributed by atoms with Gasteiger partial charge in [0.2, 0.25) is 0 Å². The van der Waals surface area contributed by atoms with Gasteiger partial charge in [-0.25, -0.2) is 0 Å². The first-order chi connectivity index (χ1) is 4.61. The van der Waals surface area contributed by atoms with Gasteiger partial charge in [-0.3, -0.25) is 4.68 Å². The monoisotopic (exact) mass is 283 g/mol. The summed E-state index contributed by atoms with van der Waals surface area (Å²) in [7, 11) is 0. The first-order valence-electron chi connectivity index (χ1n) is 3.11. The molecule has 11 heavy (non-hydrogen) atoms. The molecule has 0 atom stereocenters. The molecular formula is C6H11Br2N3. The lowest BCUT2D eigenvalue weighted by molar-refractivity contribution is 0.534. The number of anilines is 1. The highest BCUT2D eigenvalue weighted by atomic mass is 79.9. The summed E-state index contributed by atoms with van der Waals surface area (Å²) in [6.45, 7) is 4.11. The largest absolute Gasteiger partial charge is 0.381 e. The molecule has 0 aromatic carbocycles. The van der Waals surface area contributed by atoms with E-state index in [1.807, 2.05) is 10.9 Å². The predicted octanol–water partition coefficient (Wildman–Crippen LogP) is 2.39. The van der Waals surface area contributed by atoms with Gasteiger partial charge in [0.1, 0.15) is 0 Å². The maximum absolute atomic E-state index is 5.50. The van der Waals surface area contributed by atoms with E-state index < -0.39 is 0 Å². The van der Waals surface area contributed by atoms with Crippen LogP contribution >= 0.6 is 32.9 Å². The molecule has 0 fully saturated rings. The number of nitrogen functional groups attached to an aromatic ring is 1. The Kier molecular flexibility index (Phi) is 4.10. The van der Waals surface area contributed by atoms with Gasteiger partial charge in [-0.15, -0.1) is 17.0 Å². The Hall–Kier alpha value is -0.0300. The number of hydrogen-bond donors (Lipinski definition) is 1. The third-order valence-electron chi connectivity index (χ3n) is 1.24. The minimum Gasteiger partial charge on any atom is -0.381 e. The molecule has 0 spiro atoms. The molecule has 0 aliphatic rings. The van der Waals surface area contributed by atoms with Crippen LogP contribution < -0.4 is 5.73 Å². The van der Waals surface area contributed by atoms with Crippen molar-refractivity contribution in [3.8, 4) is 0 Å². The molecule has 3 nitrogen and oxygen atoms in total. The van der Waals surface area contributed by atoms with Gasteiger partial charge in [0.25, 0.3) is 0 Å². The van der Waals surface area contributed by atoms with Crippen LogP contribution in [0.5, 0.6) is 0 Å². The van der Waals surface area contributed by atoms with Gasteiger partial charge in [0, 0.05) is 12.2 Å². The van der Waals surface area contributed by atoms with Crippen molar-refractivity contribution in [2.75, 3.05) is 5.73 Å². The second-order valence-electron chi connectivity index (χ2n) is 2.44. The zero-order valence-corrected chi connectivity index (χ0v) is 9.71. The van der Waals surface area contributed by atoms with E-state index >= 15 is 0 Å². The van der Waals surface area contributed by atoms with E-state index in [-0.39, 0.29) is 17.0 Å². The zero-order chi connectivity index (χ0) is 7.72. The third kappa shape index (κ3) is 2.48. The zero-order valence-electron chi connectivity index (χ0n) is 6.41. The van der Waals surface area contributed by atoms with Crippen molar-refractivity contribution in [2.45, 2.75) is 19.9 Å². The van der Waals surface area contributed by atoms with E-state index in [2.05, 4.69) is 34.9 Å². The average Bonchev–Trinajstić information content (AvgIpc) is 2.13. The van der Waals surface area contributed by atoms with E-state index in [4.69, 9.17) is 5.73 Å². The minimum absolute atomic E-state index is 0. The lowest BCUT2D eigenvalue weighted by Crippen LogP contribution is -2.01. The highest BCUT2D eigenvalue weighted by Gasteiger charge is 2.03. The molecule has 1 rings (SSSR count). The van der Waals surface area contributed by atoms with Gasteiger partial charge in [-0.1, -0.05) is 0 Å². The summed E-state index contributed by atoms with van der Waals surface area (Å²) in [5.74, 6) is 0.550. The summed E-state index contributed by atoms with van der Waals surface area (Å²) in [6.07, 6.45) is 1.88. The molecule has 0 unspecified atom stereocenters. The molecule has 2 N–H and O–H groups in total. The van der Waals surface area contributed by atoms with E-state index in [0.717, 1.165) is 4.47 Å². The number of halogens is 2. The first kappa shape index (κ1) is 11.0. The molecule has 64 valence electrons. The lowest BCUT2D eigenvalue weighted by Gasteiger charge is -2.02. The number of aromatic nitrogens is 2. The molecule has 0 aliphatic heterocycles. The van der Waals surface area contributed by atoms with E-state index in [1.54, 1.807) is 0 Å². The second kappa shape index (κ2) is 4.11. The van der Waals surface area contributed by atoms with Crippen LogP contribution in [0.4, 0.5) is 5.82 Å². The summed E-state index contributed by atoms with van der Waals surface area (Å²) in [4.78, 5) is 0. The van der Waals surface area contributed by atoms with Crippen LogP contribution in [-0.4, -0.2) is 9.78 Å². The molecule has 0 amide bonds. The maximum Gasteiger partial charge on any atom is 0.159 e. The quantitative estimate of drug-likeness (QED) is 0.861. The molecule has 5 heteroatoms. The standard InChI is InChI=1S/C6H10BrN3.BrH/c1-4(2)10-3-5(7)6(8)9-10;/h3-4H,1-2H3,(H2,8,9);1H. The van der Waals surface area contributed by atoms with Crippen LogP contribution in [0.3, 0.4) is 0 Å². The molecule has 0 saturated heterocycles. The van der Waals surface area contributed by atoms with Crippen molar-refractivity contribution < 1.29 is 0 Å². The molecule has 0 aliphatic carbocycles. The van der Waals surface area contributed by atoms with Crippen molar-refractivity contribution >= 4 is 38.7 Å². The normalized spacial score (nSPS) is 9.82. The summed E-state index contributed by atoms with van der Waals surface area (Å²) in [5, 5.41) is 4.06. The topological polar surface area (TPSA) is 43.8 Å². The first-order valence-corrected chi connectivity index (χ1v) is 3.90. The number of hydrogen-bond acceptors (Lipinski definition) is 2. The van der Waals surface area contributed by atoms with Crippen molar-refractivity contribution in [2.24, 2.45) is 0 Å². The van der Waals surface area contributed by atoms with Crippen LogP contribution in [0.1, 0.15) is 19.9 Å². The molecule has 1 aromatic heterocycles. The Bertz CT molecular complexity index is 212. The molecule has 1 heterocycles. The van der Waals surface area contributed by atoms with Crippen LogP contribution in [0, 0.1) is 0 Å². The predicted molar refractivity (Wildman–Crippen MR) is 55.0 cm³/mol. The van der Waals surface area contributed by atoms with Crippen LogP contribution in [0.2, 0.25) is 0 Å². The average molecular weight is 285 g/mol. The molecule has 1 aromatic rings. The van der Waals surface area contributed by atoms with E-state index in [1.165, 1.54) is 0 Å². The Balaban J connectivity index is 0.000001000. The van der Waals surface area contributed by atoms with E-state index in [0.29, 0.717) is 11.9 Å². The van der Waals surface area contributed by atoms with Crippen molar-refractivity contribution in [3.05, 3.63) is 10.7 Å². The Morgan fingerprint density at radius 3 is 2.36 bits per heavy atom. The number of rotatable bonds is 1. The van der Waals surface area contributed by atoms with Gasteiger partial charge in [-0.2, -0.15) is 5.10 Å². The van der Waals surface area contributed by atoms with Crippen LogP contribution in [0.15, 0.2) is 10.7 Å².